The Balaban J connectivity index is 2.49. The van der Waals surface area contributed by atoms with Crippen molar-refractivity contribution >= 4 is 34.8 Å². The first-order chi connectivity index (χ1) is 8.37. The van der Waals surface area contributed by atoms with Crippen LogP contribution in [0.3, 0.4) is 0 Å². The molecule has 0 saturated heterocycles. The summed E-state index contributed by atoms with van der Waals surface area (Å²) in [5, 5.41) is 11.6. The minimum Gasteiger partial charge on any atom is -0.480 e. The smallest absolute Gasteiger partial charge is 0.329 e. The van der Waals surface area contributed by atoms with Crippen LogP contribution in [0.1, 0.15) is 31.6 Å². The van der Waals surface area contributed by atoms with Crippen LogP contribution >= 0.6 is 22.9 Å². The molecule has 100 valence electrons. The Morgan fingerprint density at radius 3 is 2.61 bits per heavy atom. The molecular weight excluding hydrogens is 274 g/mol. The van der Waals surface area contributed by atoms with Crippen molar-refractivity contribution in [1.82, 2.24) is 5.32 Å². The molecule has 0 aliphatic carbocycles. The second kappa shape index (κ2) is 6.20. The standard InChI is InChI=1S/C12H16ClNO3S/c1-3-12(2,11(16)17)14-10(15)7-5-8-4-6-9(13)18-8/h4,6H,3,5,7H2,1-2H3,(H,14,15)(H,16,17). The van der Waals surface area contributed by atoms with Crippen LogP contribution in [0.25, 0.3) is 0 Å². The molecule has 1 amide bonds. The molecule has 1 aromatic rings. The van der Waals surface area contributed by atoms with E-state index in [1.165, 1.54) is 18.3 Å². The van der Waals surface area contributed by atoms with Crippen molar-refractivity contribution < 1.29 is 14.7 Å². The van der Waals surface area contributed by atoms with Gasteiger partial charge in [-0.25, -0.2) is 4.79 Å². The van der Waals surface area contributed by atoms with Crippen LogP contribution in [0.15, 0.2) is 12.1 Å². The fourth-order valence-electron chi connectivity index (χ4n) is 1.39. The fraction of sp³-hybridized carbons (Fsp3) is 0.500. The topological polar surface area (TPSA) is 66.4 Å². The Kier molecular flexibility index (Phi) is 5.16. The first-order valence-electron chi connectivity index (χ1n) is 5.66. The van der Waals surface area contributed by atoms with E-state index in [1.54, 1.807) is 13.0 Å². The van der Waals surface area contributed by atoms with E-state index in [0.29, 0.717) is 17.2 Å². The summed E-state index contributed by atoms with van der Waals surface area (Å²) in [6.45, 7) is 3.24. The van der Waals surface area contributed by atoms with E-state index in [2.05, 4.69) is 5.32 Å². The van der Waals surface area contributed by atoms with Crippen LogP contribution in [0.4, 0.5) is 0 Å². The van der Waals surface area contributed by atoms with Gasteiger partial charge in [0.05, 0.1) is 4.34 Å². The average Bonchev–Trinajstić information content (AvgIpc) is 2.72. The van der Waals surface area contributed by atoms with Crippen molar-refractivity contribution in [2.75, 3.05) is 0 Å². The molecule has 0 aromatic carbocycles. The van der Waals surface area contributed by atoms with Crippen LogP contribution in [-0.4, -0.2) is 22.5 Å². The second-order valence-corrected chi connectivity index (χ2v) is 6.04. The van der Waals surface area contributed by atoms with E-state index in [1.807, 2.05) is 6.07 Å². The van der Waals surface area contributed by atoms with Gasteiger partial charge in [0.2, 0.25) is 5.91 Å². The third-order valence-corrected chi connectivity index (χ3v) is 4.11. The Hall–Kier alpha value is -1.07. The zero-order chi connectivity index (χ0) is 13.8. The summed E-state index contributed by atoms with van der Waals surface area (Å²) in [7, 11) is 0. The molecule has 1 aromatic heterocycles. The molecule has 1 unspecified atom stereocenters. The van der Waals surface area contributed by atoms with Crippen LogP contribution in [0, 0.1) is 0 Å². The maximum absolute atomic E-state index is 11.7. The van der Waals surface area contributed by atoms with Gasteiger partial charge in [0.25, 0.3) is 0 Å². The maximum Gasteiger partial charge on any atom is 0.329 e. The molecule has 4 nitrogen and oxygen atoms in total. The second-order valence-electron chi connectivity index (χ2n) is 4.24. The number of carbonyl (C=O) groups excluding carboxylic acids is 1. The number of carbonyl (C=O) groups is 2. The normalized spacial score (nSPS) is 13.9. The monoisotopic (exact) mass is 289 g/mol. The van der Waals surface area contributed by atoms with Gasteiger partial charge >= 0.3 is 5.97 Å². The molecule has 2 N–H and O–H groups in total. The van der Waals surface area contributed by atoms with E-state index in [9.17, 15) is 9.59 Å². The molecule has 18 heavy (non-hydrogen) atoms. The van der Waals surface area contributed by atoms with E-state index in [-0.39, 0.29) is 12.3 Å². The van der Waals surface area contributed by atoms with Gasteiger partial charge in [-0.2, -0.15) is 0 Å². The molecule has 1 heterocycles. The summed E-state index contributed by atoms with van der Waals surface area (Å²) >= 11 is 7.22. The summed E-state index contributed by atoms with van der Waals surface area (Å²) in [5.41, 5.74) is -1.19. The van der Waals surface area contributed by atoms with Gasteiger partial charge in [0.15, 0.2) is 0 Å². The molecular formula is C12H16ClNO3S. The number of thiophene rings is 1. The molecule has 0 aliphatic rings. The number of hydrogen-bond acceptors (Lipinski definition) is 3. The Morgan fingerprint density at radius 2 is 2.17 bits per heavy atom. The van der Waals surface area contributed by atoms with Crippen LogP contribution < -0.4 is 5.32 Å². The highest BCUT2D eigenvalue weighted by Crippen LogP contribution is 2.22. The zero-order valence-electron chi connectivity index (χ0n) is 10.3. The molecule has 0 saturated carbocycles. The number of hydrogen-bond donors (Lipinski definition) is 2. The van der Waals surface area contributed by atoms with Crippen LogP contribution in [-0.2, 0) is 16.0 Å². The number of carboxylic acid groups (broad SMARTS) is 1. The van der Waals surface area contributed by atoms with Crippen molar-refractivity contribution in [2.45, 2.75) is 38.6 Å². The zero-order valence-corrected chi connectivity index (χ0v) is 11.9. The Bertz CT molecular complexity index is 446. The van der Waals surface area contributed by atoms with Crippen molar-refractivity contribution in [3.63, 3.8) is 0 Å². The number of carboxylic acids is 1. The molecule has 0 fully saturated rings. The van der Waals surface area contributed by atoms with Crippen molar-refractivity contribution in [1.29, 1.82) is 0 Å². The number of rotatable bonds is 6. The highest BCUT2D eigenvalue weighted by molar-refractivity contribution is 7.16. The lowest BCUT2D eigenvalue weighted by Gasteiger charge is -2.24. The third kappa shape index (κ3) is 3.99. The summed E-state index contributed by atoms with van der Waals surface area (Å²) in [5.74, 6) is -1.27. The lowest BCUT2D eigenvalue weighted by molar-refractivity contribution is -0.147. The van der Waals surface area contributed by atoms with Crippen LogP contribution in [0.2, 0.25) is 4.34 Å². The fourth-order valence-corrected chi connectivity index (χ4v) is 2.47. The van der Waals surface area contributed by atoms with Crippen molar-refractivity contribution in [2.24, 2.45) is 0 Å². The summed E-state index contributed by atoms with van der Waals surface area (Å²) in [6.07, 6.45) is 1.18. The molecule has 0 radical (unpaired) electrons. The van der Waals surface area contributed by atoms with Gasteiger partial charge in [-0.1, -0.05) is 18.5 Å². The summed E-state index contributed by atoms with van der Waals surface area (Å²) < 4.78 is 0.689. The molecule has 0 bridgehead atoms. The minimum atomic E-state index is -1.19. The predicted molar refractivity (Wildman–Crippen MR) is 72.1 cm³/mol. The lowest BCUT2D eigenvalue weighted by Crippen LogP contribution is -2.51. The van der Waals surface area contributed by atoms with Gasteiger partial charge in [0, 0.05) is 11.3 Å². The molecule has 0 aliphatic heterocycles. The Morgan fingerprint density at radius 1 is 1.50 bits per heavy atom. The maximum atomic E-state index is 11.7. The molecule has 0 spiro atoms. The van der Waals surface area contributed by atoms with Crippen LogP contribution in [0.5, 0.6) is 0 Å². The number of aliphatic carboxylic acids is 1. The first-order valence-corrected chi connectivity index (χ1v) is 6.85. The number of aryl methyl sites for hydroxylation is 1. The number of amides is 1. The van der Waals surface area contributed by atoms with E-state index >= 15 is 0 Å². The highest BCUT2D eigenvalue weighted by Gasteiger charge is 2.32. The highest BCUT2D eigenvalue weighted by atomic mass is 35.5. The van der Waals surface area contributed by atoms with Gasteiger partial charge in [-0.15, -0.1) is 11.3 Å². The summed E-state index contributed by atoms with van der Waals surface area (Å²) in [4.78, 5) is 23.8. The first kappa shape index (κ1) is 15.0. The molecule has 1 atom stereocenters. The predicted octanol–water partition coefficient (Wildman–Crippen LogP) is 2.70. The molecule has 6 heteroatoms. The Labute approximate surface area is 115 Å². The third-order valence-electron chi connectivity index (χ3n) is 2.82. The minimum absolute atomic E-state index is 0.258. The van der Waals surface area contributed by atoms with Gasteiger partial charge in [-0.05, 0) is 31.9 Å². The van der Waals surface area contributed by atoms with Crippen molar-refractivity contribution in [3.8, 4) is 0 Å². The number of halogens is 1. The largest absolute Gasteiger partial charge is 0.480 e. The quantitative estimate of drug-likeness (QED) is 0.846. The SMILES string of the molecule is CCC(C)(NC(=O)CCc1ccc(Cl)s1)C(=O)O. The average molecular weight is 290 g/mol. The van der Waals surface area contributed by atoms with E-state index in [0.717, 1.165) is 4.88 Å². The molecule has 1 rings (SSSR count). The summed E-state index contributed by atoms with van der Waals surface area (Å²) in [6, 6.07) is 3.66. The van der Waals surface area contributed by atoms with Gasteiger partial charge in [-0.3, -0.25) is 4.79 Å². The lowest BCUT2D eigenvalue weighted by atomic mass is 9.99. The van der Waals surface area contributed by atoms with Crippen molar-refractivity contribution in [3.05, 3.63) is 21.3 Å². The van der Waals surface area contributed by atoms with Gasteiger partial charge in [0.1, 0.15) is 5.54 Å². The van der Waals surface area contributed by atoms with E-state index < -0.39 is 11.5 Å². The van der Waals surface area contributed by atoms with Gasteiger partial charge < -0.3 is 10.4 Å². The number of nitrogens with one attached hydrogen (secondary N) is 1. The van der Waals surface area contributed by atoms with E-state index in [4.69, 9.17) is 16.7 Å².